The summed E-state index contributed by atoms with van der Waals surface area (Å²) in [5, 5.41) is 6.53. The van der Waals surface area contributed by atoms with Gasteiger partial charge in [0.15, 0.2) is 0 Å². The van der Waals surface area contributed by atoms with E-state index >= 15 is 0 Å². The van der Waals surface area contributed by atoms with Gasteiger partial charge in [0.1, 0.15) is 17.3 Å². The molecule has 0 fully saturated rings. The molecule has 7 heteroatoms. The van der Waals surface area contributed by atoms with Gasteiger partial charge in [-0.05, 0) is 30.7 Å². The topological polar surface area (TPSA) is 76.1 Å². The van der Waals surface area contributed by atoms with E-state index in [0.29, 0.717) is 24.0 Å². The second-order valence-electron chi connectivity index (χ2n) is 5.62. The highest BCUT2D eigenvalue weighted by atomic mass is 35.5. The molecule has 3 rings (SSSR count). The number of amides is 1. The summed E-state index contributed by atoms with van der Waals surface area (Å²) in [6.45, 7) is 2.81. The normalized spacial score (nSPS) is 10.3. The van der Waals surface area contributed by atoms with Gasteiger partial charge in [-0.1, -0.05) is 41.9 Å². The number of ether oxygens (including phenoxy) is 1. The number of nitrogens with one attached hydrogen (secondary N) is 2. The van der Waals surface area contributed by atoms with Crippen molar-refractivity contribution in [3.05, 3.63) is 77.2 Å². The highest BCUT2D eigenvalue weighted by Crippen LogP contribution is 2.26. The summed E-state index contributed by atoms with van der Waals surface area (Å²) in [6.07, 6.45) is 2.93. The average Bonchev–Trinajstić information content (AvgIpc) is 2.69. The van der Waals surface area contributed by atoms with E-state index in [2.05, 4.69) is 20.6 Å². The fraction of sp³-hybridized carbons (Fsp3) is 0.150. The molecule has 0 aliphatic rings. The SMILES string of the molecule is CCOc1ccccc1Nc1cnc(C(=O)NCc2ccccc2Cl)cn1. The highest BCUT2D eigenvalue weighted by Gasteiger charge is 2.10. The molecule has 6 nitrogen and oxygen atoms in total. The Morgan fingerprint density at radius 2 is 1.85 bits per heavy atom. The number of nitrogens with zero attached hydrogens (tertiary/aromatic N) is 2. The van der Waals surface area contributed by atoms with Crippen molar-refractivity contribution in [1.82, 2.24) is 15.3 Å². The molecular weight excluding hydrogens is 364 g/mol. The molecular formula is C20H19ClN4O2. The maximum absolute atomic E-state index is 12.2. The molecule has 0 aliphatic heterocycles. The Labute approximate surface area is 162 Å². The summed E-state index contributed by atoms with van der Waals surface area (Å²) in [6, 6.07) is 14.9. The zero-order valence-corrected chi connectivity index (χ0v) is 15.5. The standard InChI is InChI=1S/C20H19ClN4O2/c1-2-27-18-10-6-5-9-16(18)25-19-13-22-17(12-23-19)20(26)24-11-14-7-3-4-8-15(14)21/h3-10,12-13H,2,11H2,1H3,(H,23,25)(H,24,26). The van der Waals surface area contributed by atoms with Crippen LogP contribution in [0.15, 0.2) is 60.9 Å². The van der Waals surface area contributed by atoms with E-state index in [9.17, 15) is 4.79 Å². The van der Waals surface area contributed by atoms with Gasteiger partial charge in [0.25, 0.3) is 5.91 Å². The molecule has 0 unspecified atom stereocenters. The highest BCUT2D eigenvalue weighted by molar-refractivity contribution is 6.31. The lowest BCUT2D eigenvalue weighted by Gasteiger charge is -2.11. The number of aromatic nitrogens is 2. The molecule has 0 atom stereocenters. The number of benzene rings is 2. The van der Waals surface area contributed by atoms with Gasteiger partial charge in [-0.2, -0.15) is 0 Å². The van der Waals surface area contributed by atoms with Crippen molar-refractivity contribution in [3.63, 3.8) is 0 Å². The minimum absolute atomic E-state index is 0.227. The lowest BCUT2D eigenvalue weighted by atomic mass is 10.2. The molecule has 0 spiro atoms. The molecule has 1 amide bonds. The van der Waals surface area contributed by atoms with Crippen LogP contribution >= 0.6 is 11.6 Å². The third kappa shape index (κ3) is 4.95. The van der Waals surface area contributed by atoms with Gasteiger partial charge in [-0.3, -0.25) is 4.79 Å². The molecule has 0 radical (unpaired) electrons. The van der Waals surface area contributed by atoms with Gasteiger partial charge in [-0.15, -0.1) is 0 Å². The molecule has 2 N–H and O–H groups in total. The van der Waals surface area contributed by atoms with Crippen molar-refractivity contribution >= 4 is 29.0 Å². The number of halogens is 1. The zero-order chi connectivity index (χ0) is 19.1. The molecule has 1 heterocycles. The Morgan fingerprint density at radius 3 is 2.59 bits per heavy atom. The first-order valence-electron chi connectivity index (χ1n) is 8.50. The Kier molecular flexibility index (Phi) is 6.22. The third-order valence-corrected chi connectivity index (χ3v) is 4.10. The summed E-state index contributed by atoms with van der Waals surface area (Å²) in [5.74, 6) is 0.928. The summed E-state index contributed by atoms with van der Waals surface area (Å²) in [5.41, 5.74) is 1.85. The minimum Gasteiger partial charge on any atom is -0.492 e. The van der Waals surface area contributed by atoms with Gasteiger partial charge in [-0.25, -0.2) is 9.97 Å². The van der Waals surface area contributed by atoms with Crippen molar-refractivity contribution in [1.29, 1.82) is 0 Å². The minimum atomic E-state index is -0.316. The monoisotopic (exact) mass is 382 g/mol. The second-order valence-corrected chi connectivity index (χ2v) is 6.02. The quantitative estimate of drug-likeness (QED) is 0.640. The van der Waals surface area contributed by atoms with E-state index in [4.69, 9.17) is 16.3 Å². The number of anilines is 2. The van der Waals surface area contributed by atoms with E-state index in [1.165, 1.54) is 12.4 Å². The van der Waals surface area contributed by atoms with E-state index < -0.39 is 0 Å². The fourth-order valence-corrected chi connectivity index (χ4v) is 2.61. The predicted octanol–water partition coefficient (Wildman–Crippen LogP) is 4.20. The lowest BCUT2D eigenvalue weighted by molar-refractivity contribution is 0.0945. The molecule has 0 bridgehead atoms. The number of carbonyl (C=O) groups is 1. The molecule has 0 saturated heterocycles. The van der Waals surface area contributed by atoms with Crippen LogP contribution in [0.2, 0.25) is 5.02 Å². The summed E-state index contributed by atoms with van der Waals surface area (Å²) in [4.78, 5) is 20.7. The fourth-order valence-electron chi connectivity index (χ4n) is 2.41. The summed E-state index contributed by atoms with van der Waals surface area (Å²) < 4.78 is 5.57. The number of hydrogen-bond donors (Lipinski definition) is 2. The van der Waals surface area contributed by atoms with Crippen molar-refractivity contribution in [2.24, 2.45) is 0 Å². The Bertz CT molecular complexity index is 916. The van der Waals surface area contributed by atoms with Crippen molar-refractivity contribution in [3.8, 4) is 5.75 Å². The van der Waals surface area contributed by atoms with E-state index in [1.807, 2.05) is 49.4 Å². The smallest absolute Gasteiger partial charge is 0.271 e. The number of rotatable bonds is 7. The van der Waals surface area contributed by atoms with Gasteiger partial charge >= 0.3 is 0 Å². The number of hydrogen-bond acceptors (Lipinski definition) is 5. The molecule has 2 aromatic carbocycles. The van der Waals surface area contributed by atoms with Crippen LogP contribution in [0.4, 0.5) is 11.5 Å². The molecule has 27 heavy (non-hydrogen) atoms. The van der Waals surface area contributed by atoms with Crippen molar-refractivity contribution in [2.45, 2.75) is 13.5 Å². The number of para-hydroxylation sites is 2. The third-order valence-electron chi connectivity index (χ3n) is 3.73. The first-order chi connectivity index (χ1) is 13.2. The van der Waals surface area contributed by atoms with E-state index in [0.717, 1.165) is 17.0 Å². The summed E-state index contributed by atoms with van der Waals surface area (Å²) >= 11 is 6.09. The van der Waals surface area contributed by atoms with Crippen LogP contribution in [-0.4, -0.2) is 22.5 Å². The number of carbonyl (C=O) groups excluding carboxylic acids is 1. The van der Waals surface area contributed by atoms with E-state index in [-0.39, 0.29) is 11.6 Å². The van der Waals surface area contributed by atoms with Gasteiger partial charge < -0.3 is 15.4 Å². The first kappa shape index (κ1) is 18.7. The van der Waals surface area contributed by atoms with Crippen LogP contribution in [0.3, 0.4) is 0 Å². The van der Waals surface area contributed by atoms with Crippen LogP contribution in [-0.2, 0) is 6.54 Å². The maximum Gasteiger partial charge on any atom is 0.271 e. The summed E-state index contributed by atoms with van der Waals surface area (Å²) in [7, 11) is 0. The van der Waals surface area contributed by atoms with Crippen LogP contribution < -0.4 is 15.4 Å². The molecule has 0 saturated carbocycles. The van der Waals surface area contributed by atoms with Crippen LogP contribution in [0.1, 0.15) is 23.0 Å². The van der Waals surface area contributed by atoms with Crippen molar-refractivity contribution in [2.75, 3.05) is 11.9 Å². The van der Waals surface area contributed by atoms with Crippen LogP contribution in [0, 0.1) is 0 Å². The largest absolute Gasteiger partial charge is 0.492 e. The second kappa shape index (κ2) is 9.00. The lowest BCUT2D eigenvalue weighted by Crippen LogP contribution is -2.24. The van der Waals surface area contributed by atoms with Crippen LogP contribution in [0.5, 0.6) is 5.75 Å². The Morgan fingerprint density at radius 1 is 1.07 bits per heavy atom. The molecule has 1 aromatic heterocycles. The maximum atomic E-state index is 12.2. The zero-order valence-electron chi connectivity index (χ0n) is 14.8. The Balaban J connectivity index is 1.63. The first-order valence-corrected chi connectivity index (χ1v) is 8.87. The van der Waals surface area contributed by atoms with Crippen LogP contribution in [0.25, 0.3) is 0 Å². The van der Waals surface area contributed by atoms with Gasteiger partial charge in [0.05, 0.1) is 24.7 Å². The van der Waals surface area contributed by atoms with E-state index in [1.54, 1.807) is 6.07 Å². The van der Waals surface area contributed by atoms with Gasteiger partial charge in [0.2, 0.25) is 0 Å². The molecule has 138 valence electrons. The van der Waals surface area contributed by atoms with Crippen molar-refractivity contribution < 1.29 is 9.53 Å². The van der Waals surface area contributed by atoms with Gasteiger partial charge in [0, 0.05) is 11.6 Å². The average molecular weight is 383 g/mol. The molecule has 0 aliphatic carbocycles. The predicted molar refractivity (Wildman–Crippen MR) is 106 cm³/mol. The Hall–Kier alpha value is -3.12. The molecule has 3 aromatic rings.